The Kier molecular flexibility index (Phi) is 5.60. The van der Waals surface area contributed by atoms with Crippen LogP contribution < -0.4 is 5.32 Å². The molecular weight excluding hydrogens is 512 g/mol. The third kappa shape index (κ3) is 4.18. The molecule has 3 saturated carbocycles. The summed E-state index contributed by atoms with van der Waals surface area (Å²) in [5.41, 5.74) is 0.206. The highest BCUT2D eigenvalue weighted by Crippen LogP contribution is 2.49. The van der Waals surface area contributed by atoms with Crippen molar-refractivity contribution in [3.8, 4) is 0 Å². The van der Waals surface area contributed by atoms with Crippen LogP contribution in [0, 0.1) is 23.5 Å². The Morgan fingerprint density at radius 1 is 1.08 bits per heavy atom. The summed E-state index contributed by atoms with van der Waals surface area (Å²) in [6.45, 7) is 0. The Morgan fingerprint density at radius 3 is 2.53 bits per heavy atom. The summed E-state index contributed by atoms with van der Waals surface area (Å²) >= 11 is 5.70. The zero-order valence-corrected chi connectivity index (χ0v) is 20.7. The van der Waals surface area contributed by atoms with Crippen LogP contribution >= 0.6 is 11.6 Å². The van der Waals surface area contributed by atoms with Crippen molar-refractivity contribution in [3.63, 3.8) is 0 Å². The lowest BCUT2D eigenvalue weighted by atomic mass is 10.00. The first kappa shape index (κ1) is 23.8. The van der Waals surface area contributed by atoms with E-state index in [1.54, 1.807) is 0 Å². The fourth-order valence-corrected chi connectivity index (χ4v) is 7.03. The van der Waals surface area contributed by atoms with Crippen molar-refractivity contribution in [2.24, 2.45) is 11.8 Å². The molecule has 4 fully saturated rings. The zero-order chi connectivity index (χ0) is 25.4. The number of pyridine rings is 1. The van der Waals surface area contributed by atoms with E-state index in [4.69, 9.17) is 11.6 Å². The van der Waals surface area contributed by atoms with Gasteiger partial charge in [0, 0.05) is 23.4 Å². The Bertz CT molecular complexity index is 1380. The Morgan fingerprint density at radius 2 is 1.83 bits per heavy atom. The van der Waals surface area contributed by atoms with E-state index in [0.717, 1.165) is 31.4 Å². The first-order chi connectivity index (χ1) is 17.1. The number of rotatable bonds is 7. The first-order valence-corrected chi connectivity index (χ1v) is 14.0. The maximum absolute atomic E-state index is 14.7. The standard InChI is InChI=1S/C25H24ClF2N3O4S/c26-17-11-18(27)16(10-19(17)28)23(12-1-2-12)30-24(32)21-8-14-7-20(14)31(21)25(33)13-5-6-29-22(9-13)36(34,35)15-3-4-15/h5-6,9-12,14-15,20-21,23H,1-4,7-8H2,(H,30,32)/t14-,20-,21-,23?/m1/s1. The highest BCUT2D eigenvalue weighted by atomic mass is 35.5. The normalized spacial score (nSPS) is 25.9. The van der Waals surface area contributed by atoms with Gasteiger partial charge in [-0.15, -0.1) is 0 Å². The molecule has 7 nitrogen and oxygen atoms in total. The molecule has 6 rings (SSSR count). The van der Waals surface area contributed by atoms with Crippen molar-refractivity contribution >= 4 is 33.3 Å². The van der Waals surface area contributed by atoms with E-state index in [0.29, 0.717) is 19.3 Å². The summed E-state index contributed by atoms with van der Waals surface area (Å²) < 4.78 is 54.0. The number of sulfone groups is 1. The number of fused-ring (bicyclic) bond motifs is 1. The molecule has 190 valence electrons. The number of halogens is 3. The molecule has 1 aliphatic heterocycles. The number of nitrogens with zero attached hydrogens (tertiary/aromatic N) is 2. The minimum Gasteiger partial charge on any atom is -0.347 e. The van der Waals surface area contributed by atoms with E-state index in [-0.39, 0.29) is 39.1 Å². The van der Waals surface area contributed by atoms with Crippen molar-refractivity contribution in [1.29, 1.82) is 0 Å². The van der Waals surface area contributed by atoms with Crippen LogP contribution in [0.4, 0.5) is 8.78 Å². The number of carbonyl (C=O) groups excluding carboxylic acids is 2. The second-order valence-electron chi connectivity index (χ2n) is 10.3. The van der Waals surface area contributed by atoms with Gasteiger partial charge >= 0.3 is 0 Å². The van der Waals surface area contributed by atoms with Gasteiger partial charge in [0.2, 0.25) is 5.91 Å². The summed E-state index contributed by atoms with van der Waals surface area (Å²) in [6.07, 6.45) is 5.25. The minimum atomic E-state index is -3.57. The number of piperidine rings is 1. The van der Waals surface area contributed by atoms with Crippen molar-refractivity contribution < 1.29 is 26.8 Å². The summed E-state index contributed by atoms with van der Waals surface area (Å²) in [5.74, 6) is -2.16. The van der Waals surface area contributed by atoms with Gasteiger partial charge in [-0.1, -0.05) is 11.6 Å². The molecule has 1 N–H and O–H groups in total. The molecule has 4 atom stereocenters. The number of benzene rings is 1. The third-order valence-corrected chi connectivity index (χ3v) is 10.1. The third-order valence-electron chi connectivity index (χ3n) is 7.64. The Balaban J connectivity index is 1.24. The molecular formula is C25H24ClF2N3O4S. The summed E-state index contributed by atoms with van der Waals surface area (Å²) in [7, 11) is -3.57. The highest BCUT2D eigenvalue weighted by Gasteiger charge is 2.56. The fourth-order valence-electron chi connectivity index (χ4n) is 5.28. The number of aromatic nitrogens is 1. The quantitative estimate of drug-likeness (QED) is 0.544. The van der Waals surface area contributed by atoms with Gasteiger partial charge in [0.15, 0.2) is 14.9 Å². The monoisotopic (exact) mass is 535 g/mol. The average molecular weight is 536 g/mol. The molecule has 11 heteroatoms. The molecule has 1 aromatic heterocycles. The summed E-state index contributed by atoms with van der Waals surface area (Å²) in [6, 6.07) is 3.07. The number of hydrogen-bond donors (Lipinski definition) is 1. The summed E-state index contributed by atoms with van der Waals surface area (Å²) in [4.78, 5) is 32.4. The predicted octanol–water partition coefficient (Wildman–Crippen LogP) is 3.82. The second-order valence-corrected chi connectivity index (χ2v) is 12.8. The van der Waals surface area contributed by atoms with Crippen molar-refractivity contribution in [3.05, 3.63) is 58.2 Å². The largest absolute Gasteiger partial charge is 0.347 e. The van der Waals surface area contributed by atoms with Crippen molar-refractivity contribution in [2.45, 2.75) is 66.9 Å². The molecule has 1 unspecified atom stereocenters. The van der Waals surface area contributed by atoms with E-state index in [2.05, 4.69) is 10.3 Å². The lowest BCUT2D eigenvalue weighted by Gasteiger charge is -2.29. The van der Waals surface area contributed by atoms with Crippen LogP contribution in [0.5, 0.6) is 0 Å². The van der Waals surface area contributed by atoms with Crippen molar-refractivity contribution in [1.82, 2.24) is 15.2 Å². The number of carbonyl (C=O) groups is 2. The molecule has 2 heterocycles. The number of amides is 2. The van der Waals surface area contributed by atoms with Crippen LogP contribution in [0.2, 0.25) is 5.02 Å². The summed E-state index contributed by atoms with van der Waals surface area (Å²) in [5, 5.41) is 1.96. The van der Waals surface area contributed by atoms with E-state index in [9.17, 15) is 26.8 Å². The minimum absolute atomic E-state index is 0.0282. The zero-order valence-electron chi connectivity index (χ0n) is 19.2. The molecule has 4 aliphatic rings. The van der Waals surface area contributed by atoms with E-state index in [1.807, 2.05) is 0 Å². The van der Waals surface area contributed by atoms with Crippen LogP contribution in [0.15, 0.2) is 35.5 Å². The van der Waals surface area contributed by atoms with Gasteiger partial charge in [-0.05, 0) is 74.6 Å². The Hall–Kier alpha value is -2.59. The second kappa shape index (κ2) is 8.48. The Labute approximate surface area is 212 Å². The molecule has 0 spiro atoms. The highest BCUT2D eigenvalue weighted by molar-refractivity contribution is 7.92. The number of hydrogen-bond acceptors (Lipinski definition) is 5. The molecule has 3 aliphatic carbocycles. The lowest BCUT2D eigenvalue weighted by molar-refractivity contribution is -0.126. The van der Waals surface area contributed by atoms with Crippen LogP contribution in [0.25, 0.3) is 0 Å². The SMILES string of the molecule is O=C(NC(c1cc(F)c(Cl)cc1F)C1CC1)[C@H]1C[C@H]2C[C@H]2N1C(=O)c1ccnc(S(=O)(=O)C2CC2)c1. The molecule has 36 heavy (non-hydrogen) atoms. The maximum atomic E-state index is 14.7. The van der Waals surface area contributed by atoms with Gasteiger partial charge in [-0.3, -0.25) is 9.59 Å². The van der Waals surface area contributed by atoms with Gasteiger partial charge in [-0.2, -0.15) is 0 Å². The smallest absolute Gasteiger partial charge is 0.254 e. The number of likely N-dealkylation sites (tertiary alicyclic amines) is 1. The van der Waals surface area contributed by atoms with Crippen LogP contribution in [0.1, 0.15) is 60.5 Å². The molecule has 0 bridgehead atoms. The van der Waals surface area contributed by atoms with Crippen molar-refractivity contribution in [2.75, 3.05) is 0 Å². The van der Waals surface area contributed by atoms with Crippen LogP contribution in [-0.2, 0) is 14.6 Å². The molecule has 0 radical (unpaired) electrons. The van der Waals surface area contributed by atoms with Gasteiger partial charge in [0.25, 0.3) is 5.91 Å². The lowest BCUT2D eigenvalue weighted by Crippen LogP contribution is -2.49. The van der Waals surface area contributed by atoms with E-state index in [1.165, 1.54) is 23.2 Å². The topological polar surface area (TPSA) is 96.4 Å². The number of nitrogens with one attached hydrogen (secondary N) is 1. The fraction of sp³-hybridized carbons (Fsp3) is 0.480. The first-order valence-electron chi connectivity index (χ1n) is 12.1. The van der Waals surface area contributed by atoms with Crippen LogP contribution in [0.3, 0.4) is 0 Å². The van der Waals surface area contributed by atoms with E-state index >= 15 is 0 Å². The van der Waals surface area contributed by atoms with Crippen LogP contribution in [-0.4, -0.2) is 47.4 Å². The molecule has 2 aromatic rings. The van der Waals surface area contributed by atoms with Gasteiger partial charge in [0.05, 0.1) is 16.3 Å². The van der Waals surface area contributed by atoms with Gasteiger partial charge in [0.1, 0.15) is 17.7 Å². The van der Waals surface area contributed by atoms with Gasteiger partial charge < -0.3 is 10.2 Å². The average Bonchev–Trinajstić information content (AvgIpc) is 3.72. The predicted molar refractivity (Wildman–Crippen MR) is 126 cm³/mol. The molecule has 2 amide bonds. The van der Waals surface area contributed by atoms with E-state index < -0.39 is 50.6 Å². The molecule has 1 saturated heterocycles. The molecule has 1 aromatic carbocycles. The van der Waals surface area contributed by atoms with Gasteiger partial charge in [-0.25, -0.2) is 22.2 Å². The maximum Gasteiger partial charge on any atom is 0.254 e.